The Morgan fingerprint density at radius 1 is 0.972 bits per heavy atom. The zero-order chi connectivity index (χ0) is 26.5. The molecule has 36 heavy (non-hydrogen) atoms. The third kappa shape index (κ3) is 5.32. The highest BCUT2D eigenvalue weighted by Gasteiger charge is 2.50. The van der Waals surface area contributed by atoms with Crippen LogP contribution in [0, 0.1) is 12.3 Å². The number of hydrogen-bond acceptors (Lipinski definition) is 4. The molecule has 0 bridgehead atoms. The van der Waals surface area contributed by atoms with Crippen LogP contribution in [0.1, 0.15) is 69.5 Å². The molecule has 192 valence electrons. The summed E-state index contributed by atoms with van der Waals surface area (Å²) in [4.78, 5) is 26.7. The van der Waals surface area contributed by atoms with Crippen LogP contribution in [0.25, 0.3) is 22.5 Å². The molecule has 0 spiro atoms. The number of methoxy groups -OCH3 is 1. The Balaban J connectivity index is 2.17. The smallest absolute Gasteiger partial charge is 0.329 e. The van der Waals surface area contributed by atoms with Gasteiger partial charge in [0, 0.05) is 11.1 Å². The van der Waals surface area contributed by atoms with E-state index in [-0.39, 0.29) is 0 Å². The Hall–Kier alpha value is -3.54. The Morgan fingerprint density at radius 2 is 1.61 bits per heavy atom. The van der Waals surface area contributed by atoms with Crippen molar-refractivity contribution in [3.63, 3.8) is 0 Å². The molecule has 0 fully saturated rings. The van der Waals surface area contributed by atoms with Crippen molar-refractivity contribution in [2.24, 2.45) is 5.41 Å². The third-order valence-electron chi connectivity index (χ3n) is 6.85. The van der Waals surface area contributed by atoms with Crippen LogP contribution in [0.4, 0.5) is 0 Å². The van der Waals surface area contributed by atoms with Crippen LogP contribution in [0.2, 0.25) is 0 Å². The van der Waals surface area contributed by atoms with Crippen LogP contribution in [-0.4, -0.2) is 29.6 Å². The average molecular weight is 492 g/mol. The van der Waals surface area contributed by atoms with E-state index in [9.17, 15) is 14.7 Å². The molecule has 1 heterocycles. The number of nitrogens with one attached hydrogen (secondary N) is 1. The summed E-state index contributed by atoms with van der Waals surface area (Å²) in [5.74, 6) is 0.192. The first kappa shape index (κ1) is 27.1. The fourth-order valence-electron chi connectivity index (χ4n) is 4.65. The lowest BCUT2D eigenvalue weighted by Gasteiger charge is -2.42. The highest BCUT2D eigenvalue weighted by atomic mass is 16.5. The number of hydrogen-bond donors (Lipinski definition) is 2. The number of carbonyl (C=O) groups excluding carboxylic acids is 1. The van der Waals surface area contributed by atoms with Crippen molar-refractivity contribution in [2.75, 3.05) is 7.11 Å². The van der Waals surface area contributed by atoms with Crippen molar-refractivity contribution in [3.8, 4) is 28.2 Å². The number of unbranched alkanes of at least 4 members (excludes halogenated alkanes) is 2. The van der Waals surface area contributed by atoms with Crippen molar-refractivity contribution in [1.82, 2.24) is 5.32 Å². The Morgan fingerprint density at radius 3 is 2.14 bits per heavy atom. The minimum Gasteiger partial charge on any atom is -0.497 e. The average Bonchev–Trinajstić information content (AvgIpc) is 3.20. The molecule has 1 aromatic heterocycles. The van der Waals surface area contributed by atoms with Gasteiger partial charge in [0.15, 0.2) is 0 Å². The number of furan rings is 1. The summed E-state index contributed by atoms with van der Waals surface area (Å²) in [7, 11) is 1.60. The molecule has 2 N–H and O–H groups in total. The summed E-state index contributed by atoms with van der Waals surface area (Å²) in [5.41, 5.74) is 0.410. The van der Waals surface area contributed by atoms with Crippen LogP contribution in [-0.2, 0) is 4.79 Å². The quantitative estimate of drug-likeness (QED) is 0.295. The van der Waals surface area contributed by atoms with Gasteiger partial charge >= 0.3 is 5.97 Å². The molecule has 6 heteroatoms. The van der Waals surface area contributed by atoms with Crippen molar-refractivity contribution in [1.29, 1.82) is 0 Å². The van der Waals surface area contributed by atoms with E-state index >= 15 is 0 Å². The molecule has 1 unspecified atom stereocenters. The van der Waals surface area contributed by atoms with E-state index in [1.807, 2.05) is 75.4 Å². The fourth-order valence-corrected chi connectivity index (χ4v) is 4.65. The van der Waals surface area contributed by atoms with Crippen LogP contribution >= 0.6 is 0 Å². The highest BCUT2D eigenvalue weighted by Crippen LogP contribution is 2.41. The van der Waals surface area contributed by atoms with Gasteiger partial charge in [-0.05, 0) is 36.5 Å². The molecule has 3 rings (SSSR count). The van der Waals surface area contributed by atoms with Gasteiger partial charge in [-0.1, -0.05) is 89.4 Å². The van der Waals surface area contributed by atoms with Gasteiger partial charge in [-0.25, -0.2) is 4.79 Å². The lowest BCUT2D eigenvalue weighted by molar-refractivity contribution is -0.150. The molecule has 0 saturated carbocycles. The van der Waals surface area contributed by atoms with E-state index in [0.29, 0.717) is 41.2 Å². The summed E-state index contributed by atoms with van der Waals surface area (Å²) >= 11 is 0. The summed E-state index contributed by atoms with van der Waals surface area (Å²) in [6, 6.07) is 17.0. The predicted octanol–water partition coefficient (Wildman–Crippen LogP) is 7.11. The predicted molar refractivity (Wildman–Crippen MR) is 142 cm³/mol. The highest BCUT2D eigenvalue weighted by molar-refractivity contribution is 6.07. The number of carboxylic acids is 1. The number of carboxylic acid groups (broad SMARTS) is 1. The monoisotopic (exact) mass is 491 g/mol. The summed E-state index contributed by atoms with van der Waals surface area (Å²) < 4.78 is 11.5. The molecule has 2 aromatic carbocycles. The van der Waals surface area contributed by atoms with Gasteiger partial charge < -0.3 is 19.6 Å². The van der Waals surface area contributed by atoms with Crippen LogP contribution < -0.4 is 10.1 Å². The first-order valence-electron chi connectivity index (χ1n) is 12.4. The fraction of sp³-hybridized carbons (Fsp3) is 0.400. The minimum absolute atomic E-state index is 0.337. The number of carbonyl (C=O) groups is 2. The zero-order valence-corrected chi connectivity index (χ0v) is 22.1. The molecule has 0 radical (unpaired) electrons. The van der Waals surface area contributed by atoms with E-state index in [2.05, 4.69) is 12.2 Å². The third-order valence-corrected chi connectivity index (χ3v) is 6.85. The lowest BCUT2D eigenvalue weighted by Crippen LogP contribution is -2.62. The van der Waals surface area contributed by atoms with E-state index < -0.39 is 22.8 Å². The van der Waals surface area contributed by atoms with Gasteiger partial charge in [0.2, 0.25) is 0 Å². The standard InChI is InChI=1S/C30H37NO5/c1-7-8-12-19-30(28(33)34,29(3,4)5)31-27(32)24-20(2)36-26(22-13-10-9-11-14-22)25(24)21-15-17-23(35-6)18-16-21/h9-11,13-18H,7-8,12,19H2,1-6H3,(H,31,32)(H,33,34). The summed E-state index contributed by atoms with van der Waals surface area (Å²) in [6.07, 6.45) is 2.88. The maximum Gasteiger partial charge on any atom is 0.329 e. The van der Waals surface area contributed by atoms with Crippen LogP contribution in [0.15, 0.2) is 59.0 Å². The SMILES string of the molecule is CCCCCC(NC(=O)c1c(C)oc(-c2ccccc2)c1-c1ccc(OC)cc1)(C(=O)O)C(C)(C)C. The van der Waals surface area contributed by atoms with Gasteiger partial charge in [0.1, 0.15) is 22.8 Å². The van der Waals surface area contributed by atoms with E-state index in [0.717, 1.165) is 24.0 Å². The Labute approximate surface area is 213 Å². The number of benzene rings is 2. The molecule has 0 aliphatic heterocycles. The second kappa shape index (κ2) is 11.0. The molecule has 1 amide bonds. The van der Waals surface area contributed by atoms with Gasteiger partial charge in [0.25, 0.3) is 5.91 Å². The van der Waals surface area contributed by atoms with Gasteiger partial charge in [-0.15, -0.1) is 0 Å². The first-order valence-corrected chi connectivity index (χ1v) is 12.4. The molecule has 0 aliphatic rings. The number of ether oxygens (including phenoxy) is 1. The number of aryl methyl sites for hydroxylation is 1. The first-order chi connectivity index (χ1) is 17.1. The second-order valence-corrected chi connectivity index (χ2v) is 10.2. The zero-order valence-electron chi connectivity index (χ0n) is 22.1. The van der Waals surface area contributed by atoms with Gasteiger partial charge in [0.05, 0.1) is 12.7 Å². The van der Waals surface area contributed by atoms with Crippen molar-refractivity contribution < 1.29 is 23.8 Å². The lowest BCUT2D eigenvalue weighted by atomic mass is 9.70. The topological polar surface area (TPSA) is 88.8 Å². The molecule has 6 nitrogen and oxygen atoms in total. The van der Waals surface area contributed by atoms with Crippen molar-refractivity contribution in [3.05, 3.63) is 65.9 Å². The van der Waals surface area contributed by atoms with Crippen LogP contribution in [0.3, 0.4) is 0 Å². The summed E-state index contributed by atoms with van der Waals surface area (Å²) in [5, 5.41) is 13.4. The Kier molecular flexibility index (Phi) is 8.28. The van der Waals surface area contributed by atoms with E-state index in [1.54, 1.807) is 14.0 Å². The van der Waals surface area contributed by atoms with E-state index in [1.165, 1.54) is 0 Å². The molecule has 0 saturated heterocycles. The van der Waals surface area contributed by atoms with Crippen molar-refractivity contribution >= 4 is 11.9 Å². The Bertz CT molecular complexity index is 1190. The number of amides is 1. The summed E-state index contributed by atoms with van der Waals surface area (Å²) in [6.45, 7) is 9.38. The number of rotatable bonds is 10. The number of aliphatic carboxylic acids is 1. The molecule has 3 aromatic rings. The maximum atomic E-state index is 14.0. The minimum atomic E-state index is -1.44. The second-order valence-electron chi connectivity index (χ2n) is 10.2. The van der Waals surface area contributed by atoms with Gasteiger partial charge in [-0.2, -0.15) is 0 Å². The normalized spacial score (nSPS) is 13.2. The molecular formula is C30H37NO5. The van der Waals surface area contributed by atoms with E-state index in [4.69, 9.17) is 9.15 Å². The van der Waals surface area contributed by atoms with Crippen molar-refractivity contribution in [2.45, 2.75) is 65.8 Å². The largest absolute Gasteiger partial charge is 0.497 e. The van der Waals surface area contributed by atoms with Crippen LogP contribution in [0.5, 0.6) is 5.75 Å². The maximum absolute atomic E-state index is 14.0. The van der Waals surface area contributed by atoms with Gasteiger partial charge in [-0.3, -0.25) is 4.79 Å². The molecule has 1 atom stereocenters. The molecule has 0 aliphatic carbocycles. The molecular weight excluding hydrogens is 454 g/mol.